The van der Waals surface area contributed by atoms with Crippen molar-refractivity contribution in [3.05, 3.63) is 17.0 Å². The Hall–Kier alpha value is -0.680. The van der Waals surface area contributed by atoms with Gasteiger partial charge in [-0.15, -0.1) is 0 Å². The molecule has 1 aromatic heterocycles. The topological polar surface area (TPSA) is 49.2 Å². The summed E-state index contributed by atoms with van der Waals surface area (Å²) < 4.78 is 0.766. The van der Waals surface area contributed by atoms with Crippen LogP contribution in [0.25, 0.3) is 0 Å². The van der Waals surface area contributed by atoms with E-state index in [0.717, 1.165) is 36.1 Å². The van der Waals surface area contributed by atoms with Crippen molar-refractivity contribution in [2.24, 2.45) is 0 Å². The Morgan fingerprint density at radius 3 is 2.75 bits per heavy atom. The first kappa shape index (κ1) is 11.8. The maximum Gasteiger partial charge on any atom is 0.132 e. The summed E-state index contributed by atoms with van der Waals surface area (Å²) in [5.74, 6) is 0.835. The van der Waals surface area contributed by atoms with E-state index in [4.69, 9.17) is 0 Å². The van der Waals surface area contributed by atoms with Gasteiger partial charge in [-0.3, -0.25) is 0 Å². The Morgan fingerprint density at radius 2 is 2.12 bits per heavy atom. The van der Waals surface area contributed by atoms with Gasteiger partial charge in [0.1, 0.15) is 16.7 Å². The van der Waals surface area contributed by atoms with Crippen LogP contribution in [0.1, 0.15) is 25.7 Å². The van der Waals surface area contributed by atoms with Crippen molar-refractivity contribution in [1.82, 2.24) is 9.97 Å². The van der Waals surface area contributed by atoms with Crippen LogP contribution in [-0.2, 0) is 0 Å². The minimum absolute atomic E-state index is 0.536. The van der Waals surface area contributed by atoms with Gasteiger partial charge in [0, 0.05) is 19.7 Å². The molecule has 16 heavy (non-hydrogen) atoms. The van der Waals surface area contributed by atoms with E-state index < -0.39 is 5.60 Å². The molecule has 2 rings (SSSR count). The van der Waals surface area contributed by atoms with Crippen molar-refractivity contribution in [2.45, 2.75) is 31.3 Å². The van der Waals surface area contributed by atoms with Crippen molar-refractivity contribution >= 4 is 21.7 Å². The van der Waals surface area contributed by atoms with Gasteiger partial charge < -0.3 is 10.0 Å². The molecule has 1 aliphatic carbocycles. The van der Waals surface area contributed by atoms with Gasteiger partial charge in [0.25, 0.3) is 0 Å². The SMILES string of the molecule is CN(CC1(O)CCCC1)c1cc(Br)ncn1. The summed E-state index contributed by atoms with van der Waals surface area (Å²) in [6.07, 6.45) is 5.55. The zero-order valence-corrected chi connectivity index (χ0v) is 10.9. The molecule has 0 unspecified atom stereocenters. The van der Waals surface area contributed by atoms with Crippen molar-refractivity contribution in [3.63, 3.8) is 0 Å². The molecule has 0 atom stereocenters. The molecular weight excluding hydrogens is 270 g/mol. The molecule has 0 spiro atoms. The molecular formula is C11H16BrN3O. The standard InChI is InChI=1S/C11H16BrN3O/c1-15(7-11(16)4-2-3-5-11)10-6-9(12)13-8-14-10/h6,8,16H,2-5,7H2,1H3. The van der Waals surface area contributed by atoms with Crippen LogP contribution in [0, 0.1) is 0 Å². The van der Waals surface area contributed by atoms with Crippen LogP contribution in [-0.4, -0.2) is 34.3 Å². The minimum Gasteiger partial charge on any atom is -0.388 e. The van der Waals surface area contributed by atoms with Crippen LogP contribution < -0.4 is 4.90 Å². The number of hydrogen-bond donors (Lipinski definition) is 1. The number of nitrogens with zero attached hydrogens (tertiary/aromatic N) is 3. The van der Waals surface area contributed by atoms with Gasteiger partial charge in [-0.05, 0) is 28.8 Å². The summed E-state index contributed by atoms with van der Waals surface area (Å²) in [4.78, 5) is 10.2. The third-order valence-electron chi connectivity index (χ3n) is 3.08. The Bertz CT molecular complexity index is 366. The second-order valence-corrected chi connectivity index (χ2v) is 5.30. The summed E-state index contributed by atoms with van der Waals surface area (Å²) in [5.41, 5.74) is -0.536. The highest BCUT2D eigenvalue weighted by atomic mass is 79.9. The van der Waals surface area contributed by atoms with E-state index in [2.05, 4.69) is 25.9 Å². The molecule has 0 bridgehead atoms. The summed E-state index contributed by atoms with van der Waals surface area (Å²) in [7, 11) is 1.95. The molecule has 0 aromatic carbocycles. The van der Waals surface area contributed by atoms with Gasteiger partial charge >= 0.3 is 0 Å². The lowest BCUT2D eigenvalue weighted by Gasteiger charge is -2.29. The fourth-order valence-electron chi connectivity index (χ4n) is 2.25. The largest absolute Gasteiger partial charge is 0.388 e. The Kier molecular flexibility index (Phi) is 3.44. The summed E-state index contributed by atoms with van der Waals surface area (Å²) in [5, 5.41) is 10.3. The van der Waals surface area contributed by atoms with Crippen LogP contribution in [0.2, 0.25) is 0 Å². The lowest BCUT2D eigenvalue weighted by atomic mass is 10.0. The molecule has 0 amide bonds. The van der Waals surface area contributed by atoms with Gasteiger partial charge in [0.15, 0.2) is 0 Å². The van der Waals surface area contributed by atoms with Gasteiger partial charge in [0.05, 0.1) is 5.60 Å². The lowest BCUT2D eigenvalue weighted by molar-refractivity contribution is 0.0558. The molecule has 1 saturated carbocycles. The highest BCUT2D eigenvalue weighted by Crippen LogP contribution is 2.30. The number of hydrogen-bond acceptors (Lipinski definition) is 4. The first-order valence-corrected chi connectivity index (χ1v) is 6.29. The molecule has 88 valence electrons. The first-order chi connectivity index (χ1) is 7.59. The predicted octanol–water partition coefficient (Wildman–Crippen LogP) is 1.98. The number of halogens is 1. The Labute approximate surface area is 104 Å². The van der Waals surface area contributed by atoms with E-state index in [1.165, 1.54) is 6.33 Å². The molecule has 0 aliphatic heterocycles. The van der Waals surface area contributed by atoms with E-state index >= 15 is 0 Å². The molecule has 1 fully saturated rings. The summed E-state index contributed by atoms with van der Waals surface area (Å²) in [6, 6.07) is 1.86. The lowest BCUT2D eigenvalue weighted by Crippen LogP contribution is -2.39. The van der Waals surface area contributed by atoms with E-state index in [9.17, 15) is 5.11 Å². The van der Waals surface area contributed by atoms with Gasteiger partial charge in [0.2, 0.25) is 0 Å². The zero-order chi connectivity index (χ0) is 11.6. The quantitative estimate of drug-likeness (QED) is 0.863. The normalized spacial score (nSPS) is 18.7. The number of aromatic nitrogens is 2. The third kappa shape index (κ3) is 2.71. The van der Waals surface area contributed by atoms with Crippen LogP contribution in [0.3, 0.4) is 0 Å². The van der Waals surface area contributed by atoms with Crippen LogP contribution >= 0.6 is 15.9 Å². The van der Waals surface area contributed by atoms with Crippen molar-refractivity contribution in [1.29, 1.82) is 0 Å². The smallest absolute Gasteiger partial charge is 0.132 e. The summed E-state index contributed by atoms with van der Waals surface area (Å²) in [6.45, 7) is 0.635. The van der Waals surface area contributed by atoms with Crippen molar-refractivity contribution in [3.8, 4) is 0 Å². The molecule has 4 nitrogen and oxygen atoms in total. The number of anilines is 1. The molecule has 5 heteroatoms. The van der Waals surface area contributed by atoms with Crippen LogP contribution in [0.5, 0.6) is 0 Å². The number of likely N-dealkylation sites (N-methyl/N-ethyl adjacent to an activating group) is 1. The monoisotopic (exact) mass is 285 g/mol. The third-order valence-corrected chi connectivity index (χ3v) is 3.51. The van der Waals surface area contributed by atoms with Crippen LogP contribution in [0.4, 0.5) is 5.82 Å². The molecule has 1 aromatic rings. The van der Waals surface area contributed by atoms with Gasteiger partial charge in [-0.1, -0.05) is 12.8 Å². The van der Waals surface area contributed by atoms with E-state index in [1.54, 1.807) is 0 Å². The van der Waals surface area contributed by atoms with Gasteiger partial charge in [-0.25, -0.2) is 9.97 Å². The zero-order valence-electron chi connectivity index (χ0n) is 9.36. The molecule has 1 aliphatic rings. The molecule has 1 heterocycles. The summed E-state index contributed by atoms with van der Waals surface area (Å²) >= 11 is 3.32. The minimum atomic E-state index is -0.536. The van der Waals surface area contributed by atoms with Crippen molar-refractivity contribution in [2.75, 3.05) is 18.5 Å². The second-order valence-electron chi connectivity index (χ2n) is 4.49. The predicted molar refractivity (Wildman–Crippen MR) is 66.4 cm³/mol. The van der Waals surface area contributed by atoms with Gasteiger partial charge in [-0.2, -0.15) is 0 Å². The molecule has 0 saturated heterocycles. The van der Waals surface area contributed by atoms with Crippen molar-refractivity contribution < 1.29 is 5.11 Å². The fourth-order valence-corrected chi connectivity index (χ4v) is 2.54. The highest BCUT2D eigenvalue weighted by molar-refractivity contribution is 9.10. The van der Waals surface area contributed by atoms with E-state index in [0.29, 0.717) is 6.54 Å². The first-order valence-electron chi connectivity index (χ1n) is 5.50. The molecule has 1 N–H and O–H groups in total. The Morgan fingerprint density at radius 1 is 1.44 bits per heavy atom. The highest BCUT2D eigenvalue weighted by Gasteiger charge is 2.32. The average molecular weight is 286 g/mol. The maximum absolute atomic E-state index is 10.3. The maximum atomic E-state index is 10.3. The second kappa shape index (κ2) is 4.67. The fraction of sp³-hybridized carbons (Fsp3) is 0.636. The molecule has 0 radical (unpaired) electrons. The van der Waals surface area contributed by atoms with E-state index in [1.807, 2.05) is 18.0 Å². The van der Waals surface area contributed by atoms with E-state index in [-0.39, 0.29) is 0 Å². The van der Waals surface area contributed by atoms with Crippen LogP contribution in [0.15, 0.2) is 17.0 Å². The average Bonchev–Trinajstić information content (AvgIpc) is 2.65. The Balaban J connectivity index is 2.05. The number of rotatable bonds is 3. The number of aliphatic hydroxyl groups is 1.